The summed E-state index contributed by atoms with van der Waals surface area (Å²) in [5, 5.41) is 3.09. The van der Waals surface area contributed by atoms with Gasteiger partial charge in [-0.2, -0.15) is 0 Å². The molecule has 2 aromatic rings. The van der Waals surface area contributed by atoms with E-state index in [0.29, 0.717) is 12.5 Å². The number of halogens is 1. The van der Waals surface area contributed by atoms with Gasteiger partial charge in [-0.05, 0) is 38.1 Å². The van der Waals surface area contributed by atoms with Gasteiger partial charge in [-0.15, -0.1) is 24.0 Å². The van der Waals surface area contributed by atoms with Gasteiger partial charge in [0.1, 0.15) is 17.6 Å². The van der Waals surface area contributed by atoms with Crippen LogP contribution < -0.4 is 20.5 Å². The largest absolute Gasteiger partial charge is 0.496 e. The first-order chi connectivity index (χ1) is 11.5. The maximum Gasteiger partial charge on any atom is 0.193 e. The van der Waals surface area contributed by atoms with Crippen molar-refractivity contribution in [2.75, 3.05) is 12.4 Å². The van der Waals surface area contributed by atoms with Crippen LogP contribution in [0.15, 0.2) is 41.4 Å². The Morgan fingerprint density at radius 1 is 1.32 bits per heavy atom. The monoisotopic (exact) mass is 453 g/mol. The number of guanidine groups is 1. The second-order valence-electron chi connectivity index (χ2n) is 6.10. The van der Waals surface area contributed by atoms with E-state index in [1.54, 1.807) is 7.11 Å². The molecule has 0 saturated carbocycles. The van der Waals surface area contributed by atoms with E-state index in [0.717, 1.165) is 29.2 Å². The molecule has 1 unspecified atom stereocenters. The van der Waals surface area contributed by atoms with Crippen LogP contribution in [-0.4, -0.2) is 19.2 Å². The lowest BCUT2D eigenvalue weighted by atomic mass is 10.1. The third-order valence-corrected chi connectivity index (χ3v) is 4.04. The van der Waals surface area contributed by atoms with Gasteiger partial charge in [0.2, 0.25) is 0 Å². The van der Waals surface area contributed by atoms with E-state index in [4.69, 9.17) is 15.2 Å². The molecule has 0 bridgehead atoms. The highest BCUT2D eigenvalue weighted by Crippen LogP contribution is 2.35. The molecule has 0 aliphatic carbocycles. The number of anilines is 1. The number of nitrogens with zero attached hydrogens (tertiary/aromatic N) is 1. The summed E-state index contributed by atoms with van der Waals surface area (Å²) in [6.07, 6.45) is 1.11. The first-order valence-electron chi connectivity index (χ1n) is 8.05. The minimum atomic E-state index is 0. The summed E-state index contributed by atoms with van der Waals surface area (Å²) < 4.78 is 11.3. The fraction of sp³-hybridized carbons (Fsp3) is 0.316. The van der Waals surface area contributed by atoms with Gasteiger partial charge in [0, 0.05) is 23.2 Å². The van der Waals surface area contributed by atoms with E-state index < -0.39 is 0 Å². The third-order valence-electron chi connectivity index (χ3n) is 4.04. The van der Waals surface area contributed by atoms with E-state index in [9.17, 15) is 0 Å². The molecule has 2 aromatic carbocycles. The molecular weight excluding hydrogens is 429 g/mol. The number of fused-ring (bicyclic) bond motifs is 1. The molecule has 5 nitrogen and oxygen atoms in total. The quantitative estimate of drug-likeness (QED) is 0.419. The molecule has 25 heavy (non-hydrogen) atoms. The first-order valence-corrected chi connectivity index (χ1v) is 8.05. The highest BCUT2D eigenvalue weighted by molar-refractivity contribution is 14.0. The Balaban J connectivity index is 0.00000225. The van der Waals surface area contributed by atoms with E-state index in [1.165, 1.54) is 11.1 Å². The Bertz CT molecular complexity index is 760. The lowest BCUT2D eigenvalue weighted by Gasteiger charge is -2.10. The van der Waals surface area contributed by atoms with Gasteiger partial charge < -0.3 is 20.5 Å². The van der Waals surface area contributed by atoms with Crippen molar-refractivity contribution in [2.45, 2.75) is 32.9 Å². The van der Waals surface area contributed by atoms with Crippen molar-refractivity contribution in [3.8, 4) is 11.5 Å². The van der Waals surface area contributed by atoms with Crippen molar-refractivity contribution in [1.82, 2.24) is 0 Å². The van der Waals surface area contributed by atoms with E-state index in [1.807, 2.05) is 43.3 Å². The summed E-state index contributed by atoms with van der Waals surface area (Å²) in [4.78, 5) is 4.41. The topological polar surface area (TPSA) is 68.9 Å². The van der Waals surface area contributed by atoms with Crippen LogP contribution in [0.2, 0.25) is 0 Å². The summed E-state index contributed by atoms with van der Waals surface area (Å²) in [6.45, 7) is 4.54. The molecule has 0 radical (unpaired) electrons. The number of nitrogens with two attached hydrogens (primary N) is 1. The number of hydrogen-bond acceptors (Lipinski definition) is 3. The van der Waals surface area contributed by atoms with Crippen LogP contribution in [-0.2, 0) is 13.0 Å². The fourth-order valence-corrected chi connectivity index (χ4v) is 2.79. The molecule has 0 fully saturated rings. The SMILES string of the molecule is COc1cc2c(cc1CN=C(N)Nc1ccc(C)cc1)OC(C)C2.I. The van der Waals surface area contributed by atoms with Crippen LogP contribution in [0.1, 0.15) is 23.6 Å². The van der Waals surface area contributed by atoms with Crippen molar-refractivity contribution in [3.63, 3.8) is 0 Å². The average Bonchev–Trinajstić information content (AvgIpc) is 2.93. The summed E-state index contributed by atoms with van der Waals surface area (Å²) >= 11 is 0. The normalized spacial score (nSPS) is 15.8. The standard InChI is InChI=1S/C19H23N3O2.HI/c1-12-4-6-16(7-5-12)22-19(20)21-11-15-10-18-14(8-13(2)24-18)9-17(15)23-3;/h4-7,9-10,13H,8,11H2,1-3H3,(H3,20,21,22);1H. The smallest absolute Gasteiger partial charge is 0.193 e. The highest BCUT2D eigenvalue weighted by Gasteiger charge is 2.21. The minimum Gasteiger partial charge on any atom is -0.496 e. The van der Waals surface area contributed by atoms with Crippen LogP contribution in [0.4, 0.5) is 5.69 Å². The average molecular weight is 453 g/mol. The Labute approximate surface area is 165 Å². The van der Waals surface area contributed by atoms with E-state index in [-0.39, 0.29) is 30.1 Å². The molecule has 0 amide bonds. The molecule has 0 saturated heterocycles. The number of benzene rings is 2. The van der Waals surface area contributed by atoms with Gasteiger partial charge in [0.15, 0.2) is 5.96 Å². The number of ether oxygens (including phenoxy) is 2. The zero-order valence-corrected chi connectivity index (χ0v) is 17.0. The van der Waals surface area contributed by atoms with Gasteiger partial charge in [-0.3, -0.25) is 0 Å². The molecule has 3 rings (SSSR count). The predicted octanol–water partition coefficient (Wildman–Crippen LogP) is 3.87. The molecule has 134 valence electrons. The van der Waals surface area contributed by atoms with Crippen LogP contribution in [0.3, 0.4) is 0 Å². The number of nitrogens with one attached hydrogen (secondary N) is 1. The van der Waals surface area contributed by atoms with Crippen LogP contribution in [0.25, 0.3) is 0 Å². The number of aliphatic imine (C=N–C) groups is 1. The minimum absolute atomic E-state index is 0. The maximum atomic E-state index is 5.98. The Morgan fingerprint density at radius 3 is 2.72 bits per heavy atom. The van der Waals surface area contributed by atoms with Crippen molar-refractivity contribution < 1.29 is 9.47 Å². The van der Waals surface area contributed by atoms with Gasteiger partial charge >= 0.3 is 0 Å². The van der Waals surface area contributed by atoms with Gasteiger partial charge in [0.25, 0.3) is 0 Å². The van der Waals surface area contributed by atoms with Crippen molar-refractivity contribution in [1.29, 1.82) is 0 Å². The molecule has 1 aliphatic rings. The van der Waals surface area contributed by atoms with Gasteiger partial charge in [-0.1, -0.05) is 17.7 Å². The molecule has 1 atom stereocenters. The number of hydrogen-bond donors (Lipinski definition) is 2. The van der Waals surface area contributed by atoms with Gasteiger partial charge in [-0.25, -0.2) is 4.99 Å². The van der Waals surface area contributed by atoms with Crippen LogP contribution in [0.5, 0.6) is 11.5 Å². The third kappa shape index (κ3) is 4.78. The first kappa shape index (κ1) is 19.4. The second-order valence-corrected chi connectivity index (χ2v) is 6.10. The van der Waals surface area contributed by atoms with Crippen molar-refractivity contribution in [2.24, 2.45) is 10.7 Å². The molecular formula is C19H24IN3O2. The summed E-state index contributed by atoms with van der Waals surface area (Å²) in [5.74, 6) is 2.10. The molecule has 1 heterocycles. The zero-order valence-electron chi connectivity index (χ0n) is 14.7. The zero-order chi connectivity index (χ0) is 17.1. The van der Waals surface area contributed by atoms with E-state index >= 15 is 0 Å². The van der Waals surface area contributed by atoms with Crippen molar-refractivity contribution in [3.05, 3.63) is 53.1 Å². The summed E-state index contributed by atoms with van der Waals surface area (Å²) in [7, 11) is 1.67. The van der Waals surface area contributed by atoms with Gasteiger partial charge in [0.05, 0.1) is 13.7 Å². The molecule has 3 N–H and O–H groups in total. The molecule has 0 aromatic heterocycles. The Kier molecular flexibility index (Phi) is 6.52. The number of methoxy groups -OCH3 is 1. The fourth-order valence-electron chi connectivity index (χ4n) is 2.79. The molecule has 0 spiro atoms. The molecule has 6 heteroatoms. The Hall–Kier alpha value is -1.96. The lowest BCUT2D eigenvalue weighted by molar-refractivity contribution is 0.254. The van der Waals surface area contributed by atoms with Crippen LogP contribution >= 0.6 is 24.0 Å². The number of rotatable bonds is 4. The predicted molar refractivity (Wildman–Crippen MR) is 112 cm³/mol. The highest BCUT2D eigenvalue weighted by atomic mass is 127. The van der Waals surface area contributed by atoms with E-state index in [2.05, 4.69) is 17.2 Å². The van der Waals surface area contributed by atoms with Crippen molar-refractivity contribution >= 4 is 35.6 Å². The maximum absolute atomic E-state index is 5.98. The second kappa shape index (κ2) is 8.42. The van der Waals surface area contributed by atoms with Crippen LogP contribution in [0, 0.1) is 6.92 Å². The lowest BCUT2D eigenvalue weighted by Crippen LogP contribution is -2.22. The molecule has 1 aliphatic heterocycles. The summed E-state index contributed by atoms with van der Waals surface area (Å²) in [6, 6.07) is 12.0. The Morgan fingerprint density at radius 2 is 2.04 bits per heavy atom. The number of aryl methyl sites for hydroxylation is 1. The summed E-state index contributed by atoms with van der Waals surface area (Å²) in [5.41, 5.74) is 10.2.